The normalized spacial score (nSPS) is 10.8. The minimum absolute atomic E-state index is 0.0414. The van der Waals surface area contributed by atoms with Gasteiger partial charge in [0.1, 0.15) is 5.82 Å². The summed E-state index contributed by atoms with van der Waals surface area (Å²) in [5.41, 5.74) is 6.72. The Morgan fingerprint density at radius 2 is 1.61 bits per heavy atom. The number of benzene rings is 2. The highest BCUT2D eigenvalue weighted by Crippen LogP contribution is 2.23. The first kappa shape index (κ1) is 19.6. The second kappa shape index (κ2) is 8.22. The second-order valence-corrected chi connectivity index (χ2v) is 6.84. The van der Waals surface area contributed by atoms with Crippen LogP contribution < -0.4 is 10.9 Å². The zero-order valence-electron chi connectivity index (χ0n) is 15.2. The number of hydrazine groups is 1. The highest BCUT2D eigenvalue weighted by atomic mass is 35.5. The fraction of sp³-hybridized carbons (Fsp3) is 0.150. The summed E-state index contributed by atoms with van der Waals surface area (Å²) in [5, 5.41) is 4.77. The van der Waals surface area contributed by atoms with Gasteiger partial charge < -0.3 is 0 Å². The molecular weight excluding hydrogens is 383 g/mol. The van der Waals surface area contributed by atoms with Crippen molar-refractivity contribution in [2.75, 3.05) is 0 Å². The quantitative estimate of drug-likeness (QED) is 0.653. The van der Waals surface area contributed by atoms with Crippen LogP contribution in [-0.2, 0) is 0 Å². The number of amides is 2. The molecule has 8 heteroatoms. The van der Waals surface area contributed by atoms with E-state index in [4.69, 9.17) is 11.6 Å². The molecule has 144 valence electrons. The van der Waals surface area contributed by atoms with Gasteiger partial charge in [-0.2, -0.15) is 5.10 Å². The third-order valence-corrected chi connectivity index (χ3v) is 4.32. The molecule has 1 aromatic heterocycles. The molecule has 0 radical (unpaired) electrons. The lowest BCUT2D eigenvalue weighted by Crippen LogP contribution is -2.41. The van der Waals surface area contributed by atoms with Gasteiger partial charge in [-0.25, -0.2) is 9.07 Å². The Morgan fingerprint density at radius 3 is 2.21 bits per heavy atom. The molecule has 0 atom stereocenters. The highest BCUT2D eigenvalue weighted by molar-refractivity contribution is 6.30. The highest BCUT2D eigenvalue weighted by Gasteiger charge is 2.21. The lowest BCUT2D eigenvalue weighted by atomic mass is 10.1. The zero-order chi connectivity index (χ0) is 20.3. The predicted octanol–water partition coefficient (Wildman–Crippen LogP) is 3.86. The molecule has 3 rings (SSSR count). The number of nitrogens with zero attached hydrogens (tertiary/aromatic N) is 2. The van der Waals surface area contributed by atoms with Gasteiger partial charge in [-0.05, 0) is 54.4 Å². The summed E-state index contributed by atoms with van der Waals surface area (Å²) in [4.78, 5) is 24.7. The molecule has 0 spiro atoms. The molecule has 2 N–H and O–H groups in total. The van der Waals surface area contributed by atoms with Gasteiger partial charge in [-0.15, -0.1) is 0 Å². The molecule has 6 nitrogen and oxygen atoms in total. The summed E-state index contributed by atoms with van der Waals surface area (Å²) >= 11 is 5.80. The van der Waals surface area contributed by atoms with Crippen LogP contribution in [0.4, 0.5) is 4.39 Å². The SMILES string of the molecule is CC(C)c1c(C(=O)NNC(=O)c2ccc(Cl)cc2)cnn1-c1ccc(F)cc1. The molecule has 2 amide bonds. The summed E-state index contributed by atoms with van der Waals surface area (Å²) < 4.78 is 14.8. The van der Waals surface area contributed by atoms with Crippen molar-refractivity contribution >= 4 is 23.4 Å². The van der Waals surface area contributed by atoms with Crippen molar-refractivity contribution in [1.82, 2.24) is 20.6 Å². The molecule has 3 aromatic rings. The van der Waals surface area contributed by atoms with Gasteiger partial charge in [-0.1, -0.05) is 25.4 Å². The number of carbonyl (C=O) groups excluding carboxylic acids is 2. The maximum atomic E-state index is 13.2. The van der Waals surface area contributed by atoms with Crippen LogP contribution in [-0.4, -0.2) is 21.6 Å². The smallest absolute Gasteiger partial charge is 0.267 e. The van der Waals surface area contributed by atoms with Gasteiger partial charge in [-0.3, -0.25) is 20.4 Å². The Balaban J connectivity index is 1.79. The van der Waals surface area contributed by atoms with Crippen molar-refractivity contribution in [3.63, 3.8) is 0 Å². The fourth-order valence-corrected chi connectivity index (χ4v) is 2.86. The molecule has 0 aliphatic heterocycles. The molecule has 2 aromatic carbocycles. The molecule has 0 aliphatic carbocycles. The first-order chi connectivity index (χ1) is 13.4. The van der Waals surface area contributed by atoms with E-state index in [0.29, 0.717) is 27.5 Å². The fourth-order valence-electron chi connectivity index (χ4n) is 2.73. The minimum atomic E-state index is -0.501. The number of hydrogen-bond acceptors (Lipinski definition) is 3. The Kier molecular flexibility index (Phi) is 5.75. The third-order valence-electron chi connectivity index (χ3n) is 4.07. The molecule has 0 unspecified atom stereocenters. The number of rotatable bonds is 4. The Hall–Kier alpha value is -3.19. The zero-order valence-corrected chi connectivity index (χ0v) is 16.0. The van der Waals surface area contributed by atoms with Crippen LogP contribution in [0.15, 0.2) is 54.7 Å². The van der Waals surface area contributed by atoms with E-state index in [2.05, 4.69) is 16.0 Å². The van der Waals surface area contributed by atoms with Gasteiger partial charge in [0.05, 0.1) is 23.1 Å². The van der Waals surface area contributed by atoms with Gasteiger partial charge in [0.15, 0.2) is 0 Å². The van der Waals surface area contributed by atoms with E-state index in [1.165, 1.54) is 18.3 Å². The lowest BCUT2D eigenvalue weighted by Gasteiger charge is -2.13. The topological polar surface area (TPSA) is 76.0 Å². The number of carbonyl (C=O) groups is 2. The maximum Gasteiger partial charge on any atom is 0.273 e. The maximum absolute atomic E-state index is 13.2. The molecule has 1 heterocycles. The molecule has 0 bridgehead atoms. The van der Waals surface area contributed by atoms with E-state index in [0.717, 1.165) is 0 Å². The van der Waals surface area contributed by atoms with Crippen molar-refractivity contribution in [3.8, 4) is 5.69 Å². The van der Waals surface area contributed by atoms with E-state index in [1.807, 2.05) is 13.8 Å². The first-order valence-electron chi connectivity index (χ1n) is 8.57. The van der Waals surface area contributed by atoms with Gasteiger partial charge in [0.25, 0.3) is 11.8 Å². The monoisotopic (exact) mass is 400 g/mol. The molecule has 0 saturated heterocycles. The number of hydrogen-bond donors (Lipinski definition) is 2. The van der Waals surface area contributed by atoms with Gasteiger partial charge in [0, 0.05) is 10.6 Å². The standard InChI is InChI=1S/C20H18ClFN4O2/c1-12(2)18-17(11-23-26(18)16-9-7-15(22)8-10-16)20(28)25-24-19(27)13-3-5-14(21)6-4-13/h3-12H,1-2H3,(H,24,27)(H,25,28). The third kappa shape index (κ3) is 4.20. The van der Waals surface area contributed by atoms with Crippen LogP contribution in [0.3, 0.4) is 0 Å². The van der Waals surface area contributed by atoms with E-state index in [-0.39, 0.29) is 11.7 Å². The molecule has 0 aliphatic rings. The Bertz CT molecular complexity index is 998. The van der Waals surface area contributed by atoms with Crippen LogP contribution in [0.2, 0.25) is 5.02 Å². The molecule has 28 heavy (non-hydrogen) atoms. The first-order valence-corrected chi connectivity index (χ1v) is 8.94. The van der Waals surface area contributed by atoms with Crippen LogP contribution in [0.1, 0.15) is 46.2 Å². The summed E-state index contributed by atoms with van der Waals surface area (Å²) in [6.07, 6.45) is 1.42. The number of nitrogens with one attached hydrogen (secondary N) is 2. The molecular formula is C20H18ClFN4O2. The average Bonchev–Trinajstić information content (AvgIpc) is 3.12. The van der Waals surface area contributed by atoms with E-state index >= 15 is 0 Å². The van der Waals surface area contributed by atoms with Crippen molar-refractivity contribution in [1.29, 1.82) is 0 Å². The van der Waals surface area contributed by atoms with Crippen molar-refractivity contribution in [2.24, 2.45) is 0 Å². The van der Waals surface area contributed by atoms with E-state index in [1.54, 1.807) is 41.1 Å². The summed E-state index contributed by atoms with van der Waals surface area (Å²) in [5.74, 6) is -1.37. The number of halogens is 2. The largest absolute Gasteiger partial charge is 0.273 e. The summed E-state index contributed by atoms with van der Waals surface area (Å²) in [7, 11) is 0. The van der Waals surface area contributed by atoms with E-state index < -0.39 is 11.8 Å². The Labute approximate surface area is 166 Å². The predicted molar refractivity (Wildman–Crippen MR) is 104 cm³/mol. The van der Waals surface area contributed by atoms with Crippen molar-refractivity contribution in [2.45, 2.75) is 19.8 Å². The van der Waals surface area contributed by atoms with Crippen LogP contribution in [0.25, 0.3) is 5.69 Å². The molecule has 0 saturated carbocycles. The van der Waals surface area contributed by atoms with Crippen LogP contribution in [0, 0.1) is 5.82 Å². The Morgan fingerprint density at radius 1 is 1.00 bits per heavy atom. The van der Waals surface area contributed by atoms with Crippen molar-refractivity contribution in [3.05, 3.63) is 82.4 Å². The second-order valence-electron chi connectivity index (χ2n) is 6.40. The summed E-state index contributed by atoms with van der Waals surface area (Å²) in [6, 6.07) is 12.1. The van der Waals surface area contributed by atoms with Gasteiger partial charge >= 0.3 is 0 Å². The minimum Gasteiger partial charge on any atom is -0.267 e. The summed E-state index contributed by atoms with van der Waals surface area (Å²) in [6.45, 7) is 3.83. The van der Waals surface area contributed by atoms with E-state index in [9.17, 15) is 14.0 Å². The van der Waals surface area contributed by atoms with Gasteiger partial charge in [0.2, 0.25) is 0 Å². The average molecular weight is 401 g/mol. The molecule has 0 fully saturated rings. The van der Waals surface area contributed by atoms with Crippen molar-refractivity contribution < 1.29 is 14.0 Å². The van der Waals surface area contributed by atoms with Crippen LogP contribution >= 0.6 is 11.6 Å². The number of aromatic nitrogens is 2. The van der Waals surface area contributed by atoms with Crippen LogP contribution in [0.5, 0.6) is 0 Å². The lowest BCUT2D eigenvalue weighted by molar-refractivity contribution is 0.0846.